The van der Waals surface area contributed by atoms with Gasteiger partial charge in [-0.3, -0.25) is 9.59 Å². The Morgan fingerprint density at radius 1 is 1.28 bits per heavy atom. The Labute approximate surface area is 144 Å². The summed E-state index contributed by atoms with van der Waals surface area (Å²) in [5.41, 5.74) is 0.433. The predicted octanol–water partition coefficient (Wildman–Crippen LogP) is 1.52. The molecular weight excluding hydrogens is 329 g/mol. The lowest BCUT2D eigenvalue weighted by Crippen LogP contribution is -2.44. The van der Waals surface area contributed by atoms with Gasteiger partial charge in [0.1, 0.15) is 11.7 Å². The molecule has 0 aliphatic rings. The first-order valence-electron chi connectivity index (χ1n) is 7.91. The normalized spacial score (nSPS) is 12.2. The molecule has 1 unspecified atom stereocenters. The molecule has 1 aromatic heterocycles. The molecule has 1 aromatic carbocycles. The van der Waals surface area contributed by atoms with E-state index in [1.54, 1.807) is 13.8 Å². The number of nitrogens with zero attached hydrogens (tertiary/aromatic N) is 5. The van der Waals surface area contributed by atoms with Crippen LogP contribution in [0.3, 0.4) is 0 Å². The summed E-state index contributed by atoms with van der Waals surface area (Å²) in [6.07, 6.45) is -0.126. The standard InChI is InChI=1S/C16H20FN5O3/c1-4-21-14(18-19-20-21)9-13(16(24)25)15(23)22(10(2)3)12-7-5-11(17)6-8-12/h5-8,10,13H,4,9H2,1-3H3,(H,24,25). The van der Waals surface area contributed by atoms with Gasteiger partial charge in [-0.15, -0.1) is 5.10 Å². The summed E-state index contributed by atoms with van der Waals surface area (Å²) < 4.78 is 14.6. The van der Waals surface area contributed by atoms with E-state index in [1.165, 1.54) is 33.8 Å². The van der Waals surface area contributed by atoms with E-state index in [0.717, 1.165) is 0 Å². The molecule has 0 saturated carbocycles. The Bertz CT molecular complexity index is 744. The number of rotatable bonds is 7. The van der Waals surface area contributed by atoms with E-state index in [1.807, 2.05) is 6.92 Å². The van der Waals surface area contributed by atoms with Gasteiger partial charge in [0.2, 0.25) is 5.91 Å². The number of carboxylic acid groups (broad SMARTS) is 1. The number of carboxylic acids is 1. The van der Waals surface area contributed by atoms with Crippen molar-refractivity contribution in [2.45, 2.75) is 39.8 Å². The molecule has 2 aromatic rings. The van der Waals surface area contributed by atoms with Gasteiger partial charge in [0.25, 0.3) is 0 Å². The Morgan fingerprint density at radius 2 is 1.92 bits per heavy atom. The van der Waals surface area contributed by atoms with Crippen LogP contribution in [0.2, 0.25) is 0 Å². The number of hydrogen-bond acceptors (Lipinski definition) is 5. The number of carbonyl (C=O) groups is 2. The molecular formula is C16H20FN5O3. The first-order chi connectivity index (χ1) is 11.8. The number of anilines is 1. The summed E-state index contributed by atoms with van der Waals surface area (Å²) in [6.45, 7) is 5.80. The number of halogens is 1. The third-order valence-corrected chi connectivity index (χ3v) is 3.75. The smallest absolute Gasteiger partial charge is 0.316 e. The largest absolute Gasteiger partial charge is 0.481 e. The van der Waals surface area contributed by atoms with Crippen molar-refractivity contribution in [3.8, 4) is 0 Å². The Balaban J connectivity index is 2.33. The van der Waals surface area contributed by atoms with Gasteiger partial charge in [0.15, 0.2) is 5.82 Å². The molecule has 0 fully saturated rings. The average Bonchev–Trinajstić information content (AvgIpc) is 3.01. The number of aryl methyl sites for hydroxylation is 1. The molecule has 0 spiro atoms. The number of carbonyl (C=O) groups excluding carboxylic acids is 1. The van der Waals surface area contributed by atoms with Gasteiger partial charge in [-0.2, -0.15) is 0 Å². The highest BCUT2D eigenvalue weighted by molar-refractivity contribution is 6.06. The number of tetrazole rings is 1. The number of aliphatic carboxylic acids is 1. The van der Waals surface area contributed by atoms with E-state index in [2.05, 4.69) is 15.5 Å². The molecule has 8 nitrogen and oxygen atoms in total. The van der Waals surface area contributed by atoms with Crippen LogP contribution in [0.1, 0.15) is 26.6 Å². The number of aromatic nitrogens is 4. The highest BCUT2D eigenvalue weighted by Gasteiger charge is 2.34. The summed E-state index contributed by atoms with van der Waals surface area (Å²) >= 11 is 0. The molecule has 25 heavy (non-hydrogen) atoms. The van der Waals surface area contributed by atoms with Crippen molar-refractivity contribution in [2.24, 2.45) is 5.92 Å². The molecule has 1 atom stereocenters. The Morgan fingerprint density at radius 3 is 2.44 bits per heavy atom. The zero-order chi connectivity index (χ0) is 18.6. The van der Waals surface area contributed by atoms with Crippen molar-refractivity contribution in [3.05, 3.63) is 35.9 Å². The van der Waals surface area contributed by atoms with Crippen LogP contribution in [0.15, 0.2) is 24.3 Å². The number of amides is 1. The molecule has 0 aliphatic carbocycles. The topological polar surface area (TPSA) is 101 Å². The van der Waals surface area contributed by atoms with Crippen LogP contribution in [0.5, 0.6) is 0 Å². The van der Waals surface area contributed by atoms with Crippen LogP contribution in [0.25, 0.3) is 0 Å². The lowest BCUT2D eigenvalue weighted by Gasteiger charge is -2.29. The van der Waals surface area contributed by atoms with Crippen molar-refractivity contribution in [1.82, 2.24) is 20.2 Å². The molecule has 2 rings (SSSR count). The van der Waals surface area contributed by atoms with Crippen LogP contribution in [-0.4, -0.2) is 43.2 Å². The van der Waals surface area contributed by atoms with E-state index in [4.69, 9.17) is 0 Å². The predicted molar refractivity (Wildman–Crippen MR) is 87.3 cm³/mol. The monoisotopic (exact) mass is 349 g/mol. The van der Waals surface area contributed by atoms with E-state index < -0.39 is 23.6 Å². The lowest BCUT2D eigenvalue weighted by atomic mass is 10.0. The summed E-state index contributed by atoms with van der Waals surface area (Å²) in [6, 6.07) is 5.04. The van der Waals surface area contributed by atoms with Crippen LogP contribution in [0.4, 0.5) is 10.1 Å². The third-order valence-electron chi connectivity index (χ3n) is 3.75. The minimum Gasteiger partial charge on any atom is -0.481 e. The zero-order valence-electron chi connectivity index (χ0n) is 14.3. The SMILES string of the molecule is CCn1nnnc1CC(C(=O)O)C(=O)N(c1ccc(F)cc1)C(C)C. The quantitative estimate of drug-likeness (QED) is 0.761. The highest BCUT2D eigenvalue weighted by atomic mass is 19.1. The van der Waals surface area contributed by atoms with Gasteiger partial charge < -0.3 is 10.0 Å². The fraction of sp³-hybridized carbons (Fsp3) is 0.438. The molecule has 9 heteroatoms. The van der Waals surface area contributed by atoms with Gasteiger partial charge >= 0.3 is 5.97 Å². The number of hydrogen-bond donors (Lipinski definition) is 1. The molecule has 1 heterocycles. The molecule has 1 N–H and O–H groups in total. The van der Waals surface area contributed by atoms with Crippen LogP contribution in [0, 0.1) is 11.7 Å². The summed E-state index contributed by atoms with van der Waals surface area (Å²) in [4.78, 5) is 26.0. The average molecular weight is 349 g/mol. The molecule has 1 amide bonds. The highest BCUT2D eigenvalue weighted by Crippen LogP contribution is 2.22. The molecule has 0 bridgehead atoms. The second-order valence-corrected chi connectivity index (χ2v) is 5.78. The van der Waals surface area contributed by atoms with Gasteiger partial charge in [-0.25, -0.2) is 9.07 Å². The minimum atomic E-state index is -1.34. The Hall–Kier alpha value is -2.84. The summed E-state index contributed by atoms with van der Waals surface area (Å²) in [5, 5.41) is 20.6. The first kappa shape index (κ1) is 18.5. The van der Waals surface area contributed by atoms with E-state index >= 15 is 0 Å². The van der Waals surface area contributed by atoms with Crippen molar-refractivity contribution in [3.63, 3.8) is 0 Å². The van der Waals surface area contributed by atoms with E-state index in [9.17, 15) is 19.1 Å². The second kappa shape index (κ2) is 7.82. The fourth-order valence-corrected chi connectivity index (χ4v) is 2.53. The molecule has 0 radical (unpaired) electrons. The maximum absolute atomic E-state index is 13.2. The van der Waals surface area contributed by atoms with Gasteiger partial charge in [-0.05, 0) is 55.5 Å². The van der Waals surface area contributed by atoms with Crippen molar-refractivity contribution in [1.29, 1.82) is 0 Å². The van der Waals surface area contributed by atoms with Gasteiger partial charge in [-0.1, -0.05) is 0 Å². The van der Waals surface area contributed by atoms with Gasteiger partial charge in [0.05, 0.1) is 0 Å². The molecule has 0 saturated heterocycles. The third kappa shape index (κ3) is 4.17. The maximum Gasteiger partial charge on any atom is 0.316 e. The summed E-state index contributed by atoms with van der Waals surface area (Å²) in [7, 11) is 0. The van der Waals surface area contributed by atoms with Crippen molar-refractivity contribution >= 4 is 17.6 Å². The second-order valence-electron chi connectivity index (χ2n) is 5.78. The number of benzene rings is 1. The molecule has 0 aliphatic heterocycles. The minimum absolute atomic E-state index is 0.126. The van der Waals surface area contributed by atoms with Gasteiger partial charge in [0, 0.05) is 24.7 Å². The zero-order valence-corrected chi connectivity index (χ0v) is 14.3. The van der Waals surface area contributed by atoms with Crippen LogP contribution in [-0.2, 0) is 22.6 Å². The van der Waals surface area contributed by atoms with Crippen molar-refractivity contribution in [2.75, 3.05) is 4.90 Å². The Kier molecular flexibility index (Phi) is 5.79. The first-order valence-corrected chi connectivity index (χ1v) is 7.91. The van der Waals surface area contributed by atoms with Crippen molar-refractivity contribution < 1.29 is 19.1 Å². The van der Waals surface area contributed by atoms with E-state index in [0.29, 0.717) is 18.1 Å². The molecule has 134 valence electrons. The fourth-order valence-electron chi connectivity index (χ4n) is 2.53. The van der Waals surface area contributed by atoms with Crippen LogP contribution >= 0.6 is 0 Å². The lowest BCUT2D eigenvalue weighted by molar-refractivity contribution is -0.146. The summed E-state index contributed by atoms with van der Waals surface area (Å²) in [5.74, 6) is -3.31. The van der Waals surface area contributed by atoms with E-state index in [-0.39, 0.29) is 12.5 Å². The maximum atomic E-state index is 13.2. The van der Waals surface area contributed by atoms with Crippen LogP contribution < -0.4 is 4.90 Å².